The molecule has 196 valence electrons. The maximum Gasteiger partial charge on any atom is 0.161 e. The molecule has 6 nitrogen and oxygen atoms in total. The lowest BCUT2D eigenvalue weighted by molar-refractivity contribution is 0.354. The molecule has 0 N–H and O–H groups in total. The molecule has 0 amide bonds. The Morgan fingerprint density at radius 2 is 1.39 bits per heavy atom. The number of aromatic nitrogens is 2. The Morgan fingerprint density at radius 3 is 2.08 bits per heavy atom. The molecule has 3 aromatic carbocycles. The van der Waals surface area contributed by atoms with Crippen molar-refractivity contribution in [1.29, 1.82) is 0 Å². The van der Waals surface area contributed by atoms with Crippen molar-refractivity contribution in [3.05, 3.63) is 82.0 Å². The number of thioether (sulfide) groups is 1. The third-order valence-corrected chi connectivity index (χ3v) is 8.34. The van der Waals surface area contributed by atoms with E-state index in [9.17, 15) is 0 Å². The quantitative estimate of drug-likeness (QED) is 0.215. The number of hydrogen-bond donors (Lipinski definition) is 0. The molecule has 1 atom stereocenters. The average Bonchev–Trinajstić information content (AvgIpc) is 2.96. The molecule has 1 unspecified atom stereocenters. The number of fused-ring (bicyclic) bond motifs is 1. The van der Waals surface area contributed by atoms with Crippen molar-refractivity contribution in [3.8, 4) is 45.6 Å². The van der Waals surface area contributed by atoms with E-state index < -0.39 is 0 Å². The number of methoxy groups -OCH3 is 4. The molecule has 38 heavy (non-hydrogen) atoms. The highest BCUT2D eigenvalue weighted by Crippen LogP contribution is 2.42. The van der Waals surface area contributed by atoms with Crippen LogP contribution in [0.15, 0.2) is 65.1 Å². The average molecular weight is 594 g/mol. The van der Waals surface area contributed by atoms with Crippen LogP contribution in [-0.4, -0.2) is 44.2 Å². The number of nitrogens with zero attached hydrogens (tertiary/aromatic N) is 2. The number of benzene rings is 3. The highest BCUT2D eigenvalue weighted by molar-refractivity contribution is 9.10. The molecule has 8 heteroatoms. The first-order chi connectivity index (χ1) is 18.5. The predicted octanol–water partition coefficient (Wildman–Crippen LogP) is 7.18. The van der Waals surface area contributed by atoms with E-state index in [1.54, 1.807) is 28.4 Å². The minimum Gasteiger partial charge on any atom is -0.493 e. The normalized spacial score (nSPS) is 14.5. The standard InChI is InChI=1S/C30H29BrN2O4S/c1-34-24-11-5-18(14-26(24)36-3)13-21-16-38-17-23-28(20-8-12-25(35-2)27(15-20)37-4)32-30(33-29(21)23)19-6-9-22(31)10-7-19/h5-12,14-15,21H,13,16-17H2,1-4H3. The van der Waals surface area contributed by atoms with Crippen LogP contribution in [0.1, 0.15) is 22.7 Å². The highest BCUT2D eigenvalue weighted by atomic mass is 79.9. The first-order valence-corrected chi connectivity index (χ1v) is 14.2. The van der Waals surface area contributed by atoms with Crippen molar-refractivity contribution >= 4 is 27.7 Å². The molecule has 0 fully saturated rings. The first-order valence-electron chi connectivity index (χ1n) is 12.2. The van der Waals surface area contributed by atoms with Crippen LogP contribution in [0.2, 0.25) is 0 Å². The van der Waals surface area contributed by atoms with Crippen molar-refractivity contribution in [2.24, 2.45) is 0 Å². The van der Waals surface area contributed by atoms with Crippen molar-refractivity contribution in [1.82, 2.24) is 9.97 Å². The van der Waals surface area contributed by atoms with Crippen LogP contribution in [0.5, 0.6) is 23.0 Å². The van der Waals surface area contributed by atoms with Gasteiger partial charge in [0.2, 0.25) is 0 Å². The third kappa shape index (κ3) is 5.33. The lowest BCUT2D eigenvalue weighted by atomic mass is 9.92. The Balaban J connectivity index is 1.63. The Hall–Kier alpha value is -3.23. The monoisotopic (exact) mass is 592 g/mol. The number of rotatable bonds is 8. The van der Waals surface area contributed by atoms with E-state index in [2.05, 4.69) is 28.1 Å². The zero-order chi connectivity index (χ0) is 26.6. The molecule has 1 aliphatic heterocycles. The van der Waals surface area contributed by atoms with Gasteiger partial charge in [-0.25, -0.2) is 9.97 Å². The van der Waals surface area contributed by atoms with E-state index in [1.807, 2.05) is 60.3 Å². The minimum absolute atomic E-state index is 0.220. The fraction of sp³-hybridized carbons (Fsp3) is 0.267. The van der Waals surface area contributed by atoms with Gasteiger partial charge in [-0.2, -0.15) is 11.8 Å². The second-order valence-electron chi connectivity index (χ2n) is 8.94. The van der Waals surface area contributed by atoms with Crippen molar-refractivity contribution < 1.29 is 18.9 Å². The molecular weight excluding hydrogens is 564 g/mol. The van der Waals surface area contributed by atoms with E-state index in [0.717, 1.165) is 56.4 Å². The molecule has 1 aromatic heterocycles. The third-order valence-electron chi connectivity index (χ3n) is 6.68. The van der Waals surface area contributed by atoms with Crippen LogP contribution in [0.3, 0.4) is 0 Å². The molecule has 0 bridgehead atoms. The van der Waals surface area contributed by atoms with Crippen LogP contribution < -0.4 is 18.9 Å². The Morgan fingerprint density at radius 1 is 0.763 bits per heavy atom. The van der Waals surface area contributed by atoms with Crippen LogP contribution in [0.4, 0.5) is 0 Å². The fourth-order valence-electron chi connectivity index (χ4n) is 4.76. The summed E-state index contributed by atoms with van der Waals surface area (Å²) in [6.45, 7) is 0. The molecule has 0 aliphatic carbocycles. The summed E-state index contributed by atoms with van der Waals surface area (Å²) >= 11 is 5.45. The Labute approximate surface area is 235 Å². The van der Waals surface area contributed by atoms with Gasteiger partial charge in [-0.1, -0.05) is 34.1 Å². The van der Waals surface area contributed by atoms with E-state index in [-0.39, 0.29) is 5.92 Å². The van der Waals surface area contributed by atoms with E-state index in [4.69, 9.17) is 28.9 Å². The van der Waals surface area contributed by atoms with Gasteiger partial charge in [0.15, 0.2) is 28.8 Å². The van der Waals surface area contributed by atoms with Gasteiger partial charge in [-0.3, -0.25) is 0 Å². The lowest BCUT2D eigenvalue weighted by Crippen LogP contribution is -2.18. The van der Waals surface area contributed by atoms with Gasteiger partial charge < -0.3 is 18.9 Å². The second kappa shape index (κ2) is 11.7. The topological polar surface area (TPSA) is 62.7 Å². The number of halogens is 1. The van der Waals surface area contributed by atoms with Gasteiger partial charge in [-0.15, -0.1) is 0 Å². The van der Waals surface area contributed by atoms with Crippen LogP contribution in [0, 0.1) is 0 Å². The molecule has 0 saturated heterocycles. The van der Waals surface area contributed by atoms with E-state index >= 15 is 0 Å². The van der Waals surface area contributed by atoms with Gasteiger partial charge in [0.1, 0.15) is 0 Å². The highest BCUT2D eigenvalue weighted by Gasteiger charge is 2.28. The summed E-state index contributed by atoms with van der Waals surface area (Å²) in [6.07, 6.45) is 0.836. The number of hydrogen-bond acceptors (Lipinski definition) is 7. The van der Waals surface area contributed by atoms with Crippen molar-refractivity contribution in [3.63, 3.8) is 0 Å². The summed E-state index contributed by atoms with van der Waals surface area (Å²) in [5.74, 6) is 5.58. The van der Waals surface area contributed by atoms with Gasteiger partial charge in [0, 0.05) is 38.6 Å². The molecular formula is C30H29BrN2O4S. The van der Waals surface area contributed by atoms with E-state index in [1.165, 1.54) is 11.1 Å². The van der Waals surface area contributed by atoms with Crippen molar-refractivity contribution in [2.75, 3.05) is 34.2 Å². The maximum atomic E-state index is 5.61. The SMILES string of the molecule is COc1ccc(CC2CSCc3c(-c4ccc(OC)c(OC)c4)nc(-c4ccc(Br)cc4)nc32)cc1OC. The number of ether oxygens (including phenoxy) is 4. The minimum atomic E-state index is 0.220. The Bertz CT molecular complexity index is 1450. The van der Waals surface area contributed by atoms with Crippen molar-refractivity contribution in [2.45, 2.75) is 18.1 Å². The fourth-order valence-corrected chi connectivity index (χ4v) is 6.19. The van der Waals surface area contributed by atoms with E-state index in [0.29, 0.717) is 17.3 Å². The predicted molar refractivity (Wildman–Crippen MR) is 156 cm³/mol. The van der Waals surface area contributed by atoms with Gasteiger partial charge in [0.25, 0.3) is 0 Å². The smallest absolute Gasteiger partial charge is 0.161 e. The summed E-state index contributed by atoms with van der Waals surface area (Å²) in [5, 5.41) is 0. The summed E-state index contributed by atoms with van der Waals surface area (Å²) in [6, 6.07) is 20.2. The van der Waals surface area contributed by atoms with Crippen LogP contribution >= 0.6 is 27.7 Å². The zero-order valence-corrected chi connectivity index (χ0v) is 24.2. The van der Waals surface area contributed by atoms with Gasteiger partial charge in [-0.05, 0) is 54.4 Å². The molecule has 0 spiro atoms. The molecule has 1 aliphatic rings. The molecule has 0 radical (unpaired) electrons. The molecule has 2 heterocycles. The second-order valence-corrected chi connectivity index (χ2v) is 10.9. The maximum absolute atomic E-state index is 5.61. The molecule has 5 rings (SSSR count). The van der Waals surface area contributed by atoms with Gasteiger partial charge in [0.05, 0.1) is 39.8 Å². The van der Waals surface area contributed by atoms with Crippen LogP contribution in [0.25, 0.3) is 22.6 Å². The summed E-state index contributed by atoms with van der Waals surface area (Å²) < 4.78 is 23.1. The zero-order valence-electron chi connectivity index (χ0n) is 21.8. The summed E-state index contributed by atoms with van der Waals surface area (Å²) in [4.78, 5) is 10.3. The van der Waals surface area contributed by atoms with Gasteiger partial charge >= 0.3 is 0 Å². The summed E-state index contributed by atoms with van der Waals surface area (Å²) in [7, 11) is 6.62. The molecule has 4 aromatic rings. The van der Waals surface area contributed by atoms with Crippen LogP contribution in [-0.2, 0) is 12.2 Å². The summed E-state index contributed by atoms with van der Waals surface area (Å²) in [5.41, 5.74) is 6.32. The molecule has 0 saturated carbocycles. The largest absolute Gasteiger partial charge is 0.493 e. The first kappa shape index (κ1) is 26.4. The Kier molecular flexibility index (Phi) is 8.09. The lowest BCUT2D eigenvalue weighted by Gasteiger charge is -2.27.